The van der Waals surface area contributed by atoms with Gasteiger partial charge in [-0.3, -0.25) is 10.1 Å². The Kier molecular flexibility index (Phi) is 5.69. The van der Waals surface area contributed by atoms with Crippen LogP contribution in [0.5, 0.6) is 0 Å². The number of nitrogens with one attached hydrogen (secondary N) is 1. The van der Waals surface area contributed by atoms with Crippen molar-refractivity contribution >= 4 is 33.4 Å². The number of nitro benzene ring substituents is 1. The highest BCUT2D eigenvalue weighted by Gasteiger charge is 2.27. The normalized spacial score (nSPS) is 15.9. The molecule has 24 heavy (non-hydrogen) atoms. The summed E-state index contributed by atoms with van der Waals surface area (Å²) in [6, 6.07) is 5.09. The third-order valence-corrected chi connectivity index (χ3v) is 4.18. The molecule has 1 saturated heterocycles. The molecule has 1 amide bonds. The van der Waals surface area contributed by atoms with Crippen molar-refractivity contribution in [1.82, 2.24) is 5.32 Å². The molecular weight excluding hydrogens is 378 g/mol. The molecule has 1 aromatic rings. The van der Waals surface area contributed by atoms with Gasteiger partial charge in [-0.05, 0) is 45.7 Å². The van der Waals surface area contributed by atoms with Crippen LogP contribution in [0.2, 0.25) is 0 Å². The maximum atomic E-state index is 11.8. The predicted octanol–water partition coefficient (Wildman–Crippen LogP) is 3.85. The molecule has 1 aliphatic heterocycles. The average molecular weight is 400 g/mol. The van der Waals surface area contributed by atoms with Crippen molar-refractivity contribution in [3.63, 3.8) is 0 Å². The first-order valence-electron chi connectivity index (χ1n) is 7.84. The first-order valence-corrected chi connectivity index (χ1v) is 8.63. The van der Waals surface area contributed by atoms with Crippen molar-refractivity contribution in [2.45, 2.75) is 45.3 Å². The van der Waals surface area contributed by atoms with Gasteiger partial charge in [-0.15, -0.1) is 0 Å². The second-order valence-electron chi connectivity index (χ2n) is 6.80. The van der Waals surface area contributed by atoms with E-state index in [9.17, 15) is 14.9 Å². The second kappa shape index (κ2) is 7.38. The Morgan fingerprint density at radius 1 is 1.38 bits per heavy atom. The topological polar surface area (TPSA) is 84.7 Å². The number of amides is 1. The molecule has 7 nitrogen and oxygen atoms in total. The largest absolute Gasteiger partial charge is 0.444 e. The third kappa shape index (κ3) is 5.09. The van der Waals surface area contributed by atoms with Crippen molar-refractivity contribution < 1.29 is 14.5 Å². The Morgan fingerprint density at radius 2 is 2.00 bits per heavy atom. The van der Waals surface area contributed by atoms with Crippen LogP contribution < -0.4 is 10.2 Å². The van der Waals surface area contributed by atoms with E-state index in [2.05, 4.69) is 21.2 Å². The fourth-order valence-corrected chi connectivity index (χ4v) is 3.00. The minimum atomic E-state index is -0.525. The molecule has 0 spiro atoms. The lowest BCUT2D eigenvalue weighted by Gasteiger charge is -2.34. The number of piperidine rings is 1. The van der Waals surface area contributed by atoms with Crippen LogP contribution in [0, 0.1) is 10.1 Å². The lowest BCUT2D eigenvalue weighted by atomic mass is 10.0. The van der Waals surface area contributed by atoms with Gasteiger partial charge in [-0.25, -0.2) is 4.79 Å². The minimum absolute atomic E-state index is 0.0191. The van der Waals surface area contributed by atoms with E-state index in [4.69, 9.17) is 4.74 Å². The lowest BCUT2D eigenvalue weighted by molar-refractivity contribution is -0.384. The molecule has 0 unspecified atom stereocenters. The molecule has 2 rings (SSSR count). The number of halogens is 1. The van der Waals surface area contributed by atoms with E-state index in [0.29, 0.717) is 36.1 Å². The van der Waals surface area contributed by atoms with E-state index < -0.39 is 11.7 Å². The quantitative estimate of drug-likeness (QED) is 0.616. The number of alkyl carbamates (subject to hydrolysis) is 1. The lowest BCUT2D eigenvalue weighted by Crippen LogP contribution is -2.46. The number of hydrogen-bond acceptors (Lipinski definition) is 5. The zero-order valence-electron chi connectivity index (χ0n) is 14.0. The number of nitrogens with zero attached hydrogens (tertiary/aromatic N) is 2. The van der Waals surface area contributed by atoms with Gasteiger partial charge in [-0.2, -0.15) is 0 Å². The van der Waals surface area contributed by atoms with E-state index in [-0.39, 0.29) is 16.7 Å². The molecule has 0 aliphatic carbocycles. The van der Waals surface area contributed by atoms with E-state index in [0.717, 1.165) is 0 Å². The van der Waals surface area contributed by atoms with Crippen LogP contribution in [0.15, 0.2) is 22.7 Å². The molecule has 132 valence electrons. The predicted molar refractivity (Wildman–Crippen MR) is 95.4 cm³/mol. The number of hydrogen-bond donors (Lipinski definition) is 1. The first kappa shape index (κ1) is 18.5. The smallest absolute Gasteiger partial charge is 0.407 e. The van der Waals surface area contributed by atoms with Crippen molar-refractivity contribution in [2.24, 2.45) is 0 Å². The minimum Gasteiger partial charge on any atom is -0.444 e. The monoisotopic (exact) mass is 399 g/mol. The average Bonchev–Trinajstić information content (AvgIpc) is 2.46. The van der Waals surface area contributed by atoms with Crippen LogP contribution in [0.1, 0.15) is 33.6 Å². The molecule has 0 radical (unpaired) electrons. The Bertz CT molecular complexity index is 622. The van der Waals surface area contributed by atoms with Crippen molar-refractivity contribution in [3.05, 3.63) is 32.8 Å². The molecule has 0 saturated carbocycles. The van der Waals surface area contributed by atoms with Crippen molar-refractivity contribution in [3.8, 4) is 0 Å². The zero-order chi connectivity index (χ0) is 17.9. The molecule has 1 aliphatic rings. The van der Waals surface area contributed by atoms with Gasteiger partial charge in [0, 0.05) is 29.7 Å². The van der Waals surface area contributed by atoms with Gasteiger partial charge in [0.25, 0.3) is 5.69 Å². The number of benzene rings is 1. The van der Waals surface area contributed by atoms with Gasteiger partial charge < -0.3 is 15.0 Å². The number of anilines is 1. The Morgan fingerprint density at radius 3 is 2.54 bits per heavy atom. The standard InChI is InChI=1S/C16H22BrN3O4/c1-16(2,3)24-15(21)18-12-6-8-19(9-7-12)13-5-4-11(17)10-14(13)20(22)23/h4-5,10,12H,6-9H2,1-3H3,(H,18,21). The Hall–Kier alpha value is -1.83. The van der Waals surface area contributed by atoms with Gasteiger partial charge in [0.1, 0.15) is 11.3 Å². The second-order valence-corrected chi connectivity index (χ2v) is 7.71. The highest BCUT2D eigenvalue weighted by atomic mass is 79.9. The fraction of sp³-hybridized carbons (Fsp3) is 0.562. The summed E-state index contributed by atoms with van der Waals surface area (Å²) in [5.74, 6) is 0. The molecule has 1 heterocycles. The van der Waals surface area contributed by atoms with Crippen LogP contribution in [-0.2, 0) is 4.74 Å². The summed E-state index contributed by atoms with van der Waals surface area (Å²) in [5.41, 5.74) is 0.171. The van der Waals surface area contributed by atoms with Crippen LogP contribution in [0.25, 0.3) is 0 Å². The number of rotatable bonds is 3. The summed E-state index contributed by atoms with van der Waals surface area (Å²) in [6.45, 7) is 6.75. The van der Waals surface area contributed by atoms with Gasteiger partial charge in [0.2, 0.25) is 0 Å². The van der Waals surface area contributed by atoms with Gasteiger partial charge >= 0.3 is 6.09 Å². The van der Waals surface area contributed by atoms with Crippen molar-refractivity contribution in [2.75, 3.05) is 18.0 Å². The van der Waals surface area contributed by atoms with Crippen LogP contribution in [0.4, 0.5) is 16.2 Å². The molecule has 0 bridgehead atoms. The maximum absolute atomic E-state index is 11.8. The summed E-state index contributed by atoms with van der Waals surface area (Å²) in [7, 11) is 0. The highest BCUT2D eigenvalue weighted by Crippen LogP contribution is 2.32. The molecule has 0 atom stereocenters. The van der Waals surface area contributed by atoms with Crippen LogP contribution in [0.3, 0.4) is 0 Å². The Labute approximate surface area is 149 Å². The first-order chi connectivity index (χ1) is 11.2. The summed E-state index contributed by atoms with van der Waals surface area (Å²) in [6.07, 6.45) is 1.01. The summed E-state index contributed by atoms with van der Waals surface area (Å²) in [4.78, 5) is 24.7. The van der Waals surface area contributed by atoms with Gasteiger partial charge in [0.05, 0.1) is 4.92 Å². The number of nitro groups is 1. The molecule has 1 fully saturated rings. The number of carbonyl (C=O) groups excluding carboxylic acids is 1. The number of carbonyl (C=O) groups is 1. The molecule has 1 aromatic carbocycles. The number of ether oxygens (including phenoxy) is 1. The van der Waals surface area contributed by atoms with E-state index in [1.807, 2.05) is 25.7 Å². The van der Waals surface area contributed by atoms with Gasteiger partial charge in [0.15, 0.2) is 0 Å². The Balaban J connectivity index is 1.96. The van der Waals surface area contributed by atoms with E-state index in [1.54, 1.807) is 12.1 Å². The SMILES string of the molecule is CC(C)(C)OC(=O)NC1CCN(c2ccc(Br)cc2[N+](=O)[O-])CC1. The summed E-state index contributed by atoms with van der Waals surface area (Å²) < 4.78 is 5.94. The molecule has 8 heteroatoms. The van der Waals surface area contributed by atoms with E-state index >= 15 is 0 Å². The maximum Gasteiger partial charge on any atom is 0.407 e. The summed E-state index contributed by atoms with van der Waals surface area (Å²) >= 11 is 3.26. The van der Waals surface area contributed by atoms with Crippen LogP contribution >= 0.6 is 15.9 Å². The van der Waals surface area contributed by atoms with Gasteiger partial charge in [-0.1, -0.05) is 15.9 Å². The zero-order valence-corrected chi connectivity index (χ0v) is 15.6. The van der Waals surface area contributed by atoms with E-state index in [1.165, 1.54) is 6.07 Å². The fourth-order valence-electron chi connectivity index (χ4n) is 2.65. The molecular formula is C16H22BrN3O4. The van der Waals surface area contributed by atoms with Crippen molar-refractivity contribution in [1.29, 1.82) is 0 Å². The summed E-state index contributed by atoms with van der Waals surface area (Å²) in [5, 5.41) is 14.1. The third-order valence-electron chi connectivity index (χ3n) is 3.69. The molecule has 0 aromatic heterocycles. The van der Waals surface area contributed by atoms with Crippen LogP contribution in [-0.4, -0.2) is 35.7 Å². The molecule has 1 N–H and O–H groups in total. The highest BCUT2D eigenvalue weighted by molar-refractivity contribution is 9.10.